The Hall–Kier alpha value is -4.31. The lowest BCUT2D eigenvalue weighted by atomic mass is 10.1. The molecule has 1 amide bonds. The zero-order valence-corrected chi connectivity index (χ0v) is 18.2. The largest absolute Gasteiger partial charge is 0.463 e. The van der Waals surface area contributed by atoms with Gasteiger partial charge in [0, 0.05) is 23.7 Å². The van der Waals surface area contributed by atoms with Gasteiger partial charge in [-0.2, -0.15) is 0 Å². The van der Waals surface area contributed by atoms with Gasteiger partial charge in [0.25, 0.3) is 10.0 Å². The highest BCUT2D eigenvalue weighted by molar-refractivity contribution is 7.92. The highest BCUT2D eigenvalue weighted by Gasteiger charge is 2.15. The maximum Gasteiger partial charge on any atom is 0.264 e. The quantitative estimate of drug-likeness (QED) is 0.420. The molecule has 4 aromatic rings. The zero-order chi connectivity index (χ0) is 23.4. The Morgan fingerprint density at radius 3 is 2.58 bits per heavy atom. The monoisotopic (exact) mass is 462 g/mol. The molecular formula is C23H18N4O5S. The molecule has 2 N–H and O–H groups in total. The Balaban J connectivity index is 1.44. The fourth-order valence-corrected chi connectivity index (χ4v) is 3.90. The number of carbonyl (C=O) groups excluding carboxylic acids is 1. The molecule has 9 nitrogen and oxygen atoms in total. The van der Waals surface area contributed by atoms with Gasteiger partial charge in [-0.15, -0.1) is 0 Å². The number of nitrogens with zero attached hydrogens (tertiary/aromatic N) is 2. The van der Waals surface area contributed by atoms with Gasteiger partial charge in [0.15, 0.2) is 5.43 Å². The van der Waals surface area contributed by atoms with Crippen LogP contribution in [-0.4, -0.2) is 24.3 Å². The lowest BCUT2D eigenvalue weighted by Gasteiger charge is -2.08. The highest BCUT2D eigenvalue weighted by Crippen LogP contribution is 2.17. The van der Waals surface area contributed by atoms with Gasteiger partial charge in [0.1, 0.15) is 11.8 Å². The first kappa shape index (κ1) is 21.9. The lowest BCUT2D eigenvalue weighted by molar-refractivity contribution is -0.111. The van der Waals surface area contributed by atoms with Crippen LogP contribution in [0.2, 0.25) is 0 Å². The second kappa shape index (κ2) is 9.05. The van der Waals surface area contributed by atoms with Crippen LogP contribution in [0.1, 0.15) is 11.3 Å². The second-order valence-electron chi connectivity index (χ2n) is 6.99. The summed E-state index contributed by atoms with van der Waals surface area (Å²) in [4.78, 5) is 32.6. The summed E-state index contributed by atoms with van der Waals surface area (Å²) >= 11 is 0. The first-order valence-electron chi connectivity index (χ1n) is 9.74. The van der Waals surface area contributed by atoms with Gasteiger partial charge in [-0.3, -0.25) is 9.59 Å². The van der Waals surface area contributed by atoms with Gasteiger partial charge in [-0.25, -0.2) is 23.1 Å². The van der Waals surface area contributed by atoms with E-state index in [1.54, 1.807) is 37.3 Å². The number of benzene rings is 2. The van der Waals surface area contributed by atoms with E-state index in [2.05, 4.69) is 20.0 Å². The van der Waals surface area contributed by atoms with Crippen molar-refractivity contribution < 1.29 is 17.6 Å². The number of sulfonamides is 1. The van der Waals surface area contributed by atoms with E-state index in [1.807, 2.05) is 0 Å². The van der Waals surface area contributed by atoms with E-state index in [1.165, 1.54) is 48.9 Å². The summed E-state index contributed by atoms with van der Waals surface area (Å²) in [7, 11) is -3.89. The lowest BCUT2D eigenvalue weighted by Crippen LogP contribution is -2.15. The van der Waals surface area contributed by atoms with Crippen molar-refractivity contribution in [1.82, 2.24) is 9.97 Å². The maximum absolute atomic E-state index is 12.5. The average molecular weight is 462 g/mol. The molecule has 2 heterocycles. The maximum atomic E-state index is 12.5. The fourth-order valence-electron chi connectivity index (χ4n) is 2.95. The van der Waals surface area contributed by atoms with Crippen molar-refractivity contribution in [2.75, 3.05) is 10.0 Å². The normalized spacial score (nSPS) is 11.5. The molecule has 0 aliphatic carbocycles. The minimum absolute atomic E-state index is 0.0186. The molecule has 0 fully saturated rings. The van der Waals surface area contributed by atoms with E-state index >= 15 is 0 Å². The summed E-state index contributed by atoms with van der Waals surface area (Å²) in [6.45, 7) is 1.72. The number of hydrogen-bond donors (Lipinski definition) is 2. The molecular weight excluding hydrogens is 444 g/mol. The number of nitrogens with one attached hydrogen (secondary N) is 2. The minimum Gasteiger partial charge on any atom is -0.463 e. The van der Waals surface area contributed by atoms with Crippen LogP contribution in [-0.2, 0) is 14.8 Å². The van der Waals surface area contributed by atoms with Crippen LogP contribution in [0.4, 0.5) is 11.6 Å². The Kier molecular flexibility index (Phi) is 6.01. The molecule has 0 spiro atoms. The summed E-state index contributed by atoms with van der Waals surface area (Å²) < 4.78 is 32.7. The molecule has 4 rings (SSSR count). The van der Waals surface area contributed by atoms with Gasteiger partial charge in [0.05, 0.1) is 15.8 Å². The summed E-state index contributed by atoms with van der Waals surface area (Å²) in [5.74, 6) is -0.528. The summed E-state index contributed by atoms with van der Waals surface area (Å²) in [5.41, 5.74) is 1.44. The van der Waals surface area contributed by atoms with E-state index < -0.39 is 15.9 Å². The van der Waals surface area contributed by atoms with E-state index in [-0.39, 0.29) is 21.8 Å². The second-order valence-corrected chi connectivity index (χ2v) is 8.67. The molecule has 0 atom stereocenters. The number of rotatable bonds is 6. The predicted molar refractivity (Wildman–Crippen MR) is 124 cm³/mol. The summed E-state index contributed by atoms with van der Waals surface area (Å²) in [6, 6.07) is 14.0. The molecule has 2 aromatic heterocycles. The number of fused-ring (bicyclic) bond motifs is 1. The number of amides is 1. The van der Waals surface area contributed by atoms with Crippen molar-refractivity contribution in [2.45, 2.75) is 11.8 Å². The number of anilines is 2. The molecule has 33 heavy (non-hydrogen) atoms. The van der Waals surface area contributed by atoms with Crippen LogP contribution < -0.4 is 15.5 Å². The SMILES string of the molecule is Cc1ccnc(NS(=O)(=O)c2ccc(NC(=O)/C=C/c3coc4ccccc4c3=O)cc2)n1. The minimum atomic E-state index is -3.89. The van der Waals surface area contributed by atoms with Crippen LogP contribution in [0.15, 0.2) is 87.2 Å². The summed E-state index contributed by atoms with van der Waals surface area (Å²) in [6.07, 6.45) is 5.30. The Bertz CT molecular complexity index is 1530. The zero-order valence-electron chi connectivity index (χ0n) is 17.3. The molecule has 0 aliphatic rings. The third-order valence-corrected chi connectivity index (χ3v) is 5.92. The van der Waals surface area contributed by atoms with Gasteiger partial charge >= 0.3 is 0 Å². The Morgan fingerprint density at radius 1 is 1.06 bits per heavy atom. The molecule has 2 aromatic carbocycles. The highest BCUT2D eigenvalue weighted by atomic mass is 32.2. The van der Waals surface area contributed by atoms with Crippen molar-refractivity contribution >= 4 is 44.6 Å². The third-order valence-electron chi connectivity index (χ3n) is 4.57. The van der Waals surface area contributed by atoms with Crippen molar-refractivity contribution in [2.24, 2.45) is 0 Å². The van der Waals surface area contributed by atoms with E-state index in [9.17, 15) is 18.0 Å². The molecule has 0 aliphatic heterocycles. The standard InChI is InChI=1S/C23H18N4O5S/c1-15-12-13-24-23(25-15)27-33(30,31)18-9-7-17(8-10-18)26-21(28)11-6-16-14-32-20-5-3-2-4-19(20)22(16)29/h2-14H,1H3,(H,26,28)(H,24,25,27)/b11-6+. The van der Waals surface area contributed by atoms with Crippen LogP contribution in [0, 0.1) is 6.92 Å². The van der Waals surface area contributed by atoms with Crippen LogP contribution in [0.3, 0.4) is 0 Å². The van der Waals surface area contributed by atoms with Crippen LogP contribution in [0.5, 0.6) is 0 Å². The van der Waals surface area contributed by atoms with Crippen LogP contribution >= 0.6 is 0 Å². The number of para-hydroxylation sites is 1. The molecule has 10 heteroatoms. The molecule has 0 bridgehead atoms. The van der Waals surface area contributed by atoms with E-state index in [4.69, 9.17) is 4.42 Å². The average Bonchev–Trinajstić information content (AvgIpc) is 2.79. The number of hydrogen-bond acceptors (Lipinski definition) is 7. The summed E-state index contributed by atoms with van der Waals surface area (Å²) in [5, 5.41) is 3.02. The van der Waals surface area contributed by atoms with E-state index in [0.29, 0.717) is 22.4 Å². The number of carbonyl (C=O) groups is 1. The molecule has 0 radical (unpaired) electrons. The van der Waals surface area contributed by atoms with Gasteiger partial charge in [0.2, 0.25) is 11.9 Å². The van der Waals surface area contributed by atoms with Crippen molar-refractivity contribution in [1.29, 1.82) is 0 Å². The Morgan fingerprint density at radius 2 is 1.82 bits per heavy atom. The van der Waals surface area contributed by atoms with Crippen molar-refractivity contribution in [3.05, 3.63) is 94.6 Å². The first-order chi connectivity index (χ1) is 15.8. The van der Waals surface area contributed by atoms with Crippen molar-refractivity contribution in [3.8, 4) is 0 Å². The molecule has 0 saturated heterocycles. The first-order valence-corrected chi connectivity index (χ1v) is 11.2. The predicted octanol–water partition coefficient (Wildman–Crippen LogP) is 3.34. The van der Waals surface area contributed by atoms with Gasteiger partial charge < -0.3 is 9.73 Å². The molecule has 166 valence electrons. The van der Waals surface area contributed by atoms with Gasteiger partial charge in [-0.1, -0.05) is 12.1 Å². The van der Waals surface area contributed by atoms with E-state index in [0.717, 1.165) is 0 Å². The van der Waals surface area contributed by atoms with Gasteiger partial charge in [-0.05, 0) is 55.5 Å². The fraction of sp³-hybridized carbons (Fsp3) is 0.0435. The molecule has 0 unspecified atom stereocenters. The van der Waals surface area contributed by atoms with Crippen LogP contribution in [0.25, 0.3) is 17.0 Å². The Labute approximate surface area is 188 Å². The smallest absolute Gasteiger partial charge is 0.264 e. The topological polar surface area (TPSA) is 131 Å². The number of aromatic nitrogens is 2. The van der Waals surface area contributed by atoms with Crippen molar-refractivity contribution in [3.63, 3.8) is 0 Å². The molecule has 0 saturated carbocycles. The third kappa shape index (κ3) is 5.13. The number of aryl methyl sites for hydroxylation is 1.